The highest BCUT2D eigenvalue weighted by Crippen LogP contribution is 2.30. The summed E-state index contributed by atoms with van der Waals surface area (Å²) in [6.07, 6.45) is 1.75. The summed E-state index contributed by atoms with van der Waals surface area (Å²) < 4.78 is 2.67. The maximum atomic E-state index is 4.52. The standard InChI is InChI=1S/C21H17BrN8/c1-13-10-19(30-21(25-13)18(22)12-24-30)23-11-14-6-8-15(9-7-14)16-4-2-3-5-17(16)20-26-28-29-27-20/h2-10,12,23H,11H2,1H3,(H,26,27,28,29). The fraction of sp³-hybridized carbons (Fsp3) is 0.0952. The van der Waals surface area contributed by atoms with E-state index in [0.717, 1.165) is 43.9 Å². The van der Waals surface area contributed by atoms with Gasteiger partial charge in [-0.05, 0) is 44.8 Å². The molecule has 0 spiro atoms. The van der Waals surface area contributed by atoms with Gasteiger partial charge in [-0.15, -0.1) is 10.2 Å². The minimum Gasteiger partial charge on any atom is -0.366 e. The van der Waals surface area contributed by atoms with E-state index in [-0.39, 0.29) is 0 Å². The Balaban J connectivity index is 1.39. The van der Waals surface area contributed by atoms with Crippen LogP contribution in [0, 0.1) is 6.92 Å². The second-order valence-electron chi connectivity index (χ2n) is 6.84. The van der Waals surface area contributed by atoms with Crippen LogP contribution >= 0.6 is 15.9 Å². The lowest BCUT2D eigenvalue weighted by atomic mass is 9.98. The minimum absolute atomic E-state index is 0.582. The molecule has 0 atom stereocenters. The van der Waals surface area contributed by atoms with E-state index in [1.807, 2.05) is 31.2 Å². The van der Waals surface area contributed by atoms with Crippen LogP contribution in [0.1, 0.15) is 11.3 Å². The van der Waals surface area contributed by atoms with E-state index < -0.39 is 0 Å². The van der Waals surface area contributed by atoms with Crippen LogP contribution in [0.3, 0.4) is 0 Å². The molecule has 148 valence electrons. The molecular weight excluding hydrogens is 444 g/mol. The third-order valence-electron chi connectivity index (χ3n) is 4.81. The lowest BCUT2D eigenvalue weighted by Gasteiger charge is -2.11. The predicted octanol–water partition coefficient (Wildman–Crippen LogP) is 4.26. The highest BCUT2D eigenvalue weighted by atomic mass is 79.9. The number of benzene rings is 2. The number of anilines is 1. The maximum Gasteiger partial charge on any atom is 0.205 e. The number of hydrogen-bond acceptors (Lipinski definition) is 6. The van der Waals surface area contributed by atoms with Crippen molar-refractivity contribution >= 4 is 27.4 Å². The van der Waals surface area contributed by atoms with Crippen molar-refractivity contribution in [3.05, 3.63) is 76.5 Å². The molecular formula is C21H17BrN8. The van der Waals surface area contributed by atoms with Crippen LogP contribution in [0.25, 0.3) is 28.2 Å². The molecule has 0 amide bonds. The second-order valence-corrected chi connectivity index (χ2v) is 7.70. The maximum absolute atomic E-state index is 4.52. The van der Waals surface area contributed by atoms with Gasteiger partial charge in [-0.25, -0.2) is 4.98 Å². The van der Waals surface area contributed by atoms with Crippen LogP contribution in [-0.2, 0) is 6.54 Å². The monoisotopic (exact) mass is 460 g/mol. The van der Waals surface area contributed by atoms with Crippen molar-refractivity contribution in [2.45, 2.75) is 13.5 Å². The van der Waals surface area contributed by atoms with Gasteiger partial charge in [-0.3, -0.25) is 0 Å². The quantitative estimate of drug-likeness (QED) is 0.406. The Kier molecular flexibility index (Phi) is 4.72. The highest BCUT2D eigenvalue weighted by Gasteiger charge is 2.11. The second kappa shape index (κ2) is 7.68. The average Bonchev–Trinajstić information content (AvgIpc) is 3.43. The van der Waals surface area contributed by atoms with Crippen molar-refractivity contribution in [1.82, 2.24) is 35.2 Å². The largest absolute Gasteiger partial charge is 0.366 e. The zero-order valence-corrected chi connectivity index (χ0v) is 17.6. The Labute approximate surface area is 180 Å². The first-order valence-electron chi connectivity index (χ1n) is 9.36. The van der Waals surface area contributed by atoms with Gasteiger partial charge in [-0.2, -0.15) is 14.8 Å². The van der Waals surface area contributed by atoms with E-state index in [0.29, 0.717) is 12.4 Å². The fourth-order valence-electron chi connectivity index (χ4n) is 3.38. The molecule has 0 fully saturated rings. The molecule has 30 heavy (non-hydrogen) atoms. The number of aromatic amines is 1. The lowest BCUT2D eigenvalue weighted by Crippen LogP contribution is -2.06. The summed E-state index contributed by atoms with van der Waals surface area (Å²) in [5.74, 6) is 1.48. The highest BCUT2D eigenvalue weighted by molar-refractivity contribution is 9.10. The number of tetrazole rings is 1. The number of H-pyrrole nitrogens is 1. The summed E-state index contributed by atoms with van der Waals surface area (Å²) >= 11 is 3.49. The molecule has 0 saturated heterocycles. The van der Waals surface area contributed by atoms with Gasteiger partial charge in [-0.1, -0.05) is 48.5 Å². The van der Waals surface area contributed by atoms with Crippen LogP contribution < -0.4 is 5.32 Å². The first-order valence-corrected chi connectivity index (χ1v) is 10.2. The van der Waals surface area contributed by atoms with Gasteiger partial charge in [0.05, 0.1) is 10.7 Å². The van der Waals surface area contributed by atoms with Gasteiger partial charge >= 0.3 is 0 Å². The topological polar surface area (TPSA) is 96.7 Å². The SMILES string of the molecule is Cc1cc(NCc2ccc(-c3ccccc3-c3nn[nH]n3)cc2)n2ncc(Br)c2n1. The lowest BCUT2D eigenvalue weighted by molar-refractivity contribution is 0.881. The molecule has 0 bridgehead atoms. The van der Waals surface area contributed by atoms with Gasteiger partial charge in [0.25, 0.3) is 0 Å². The van der Waals surface area contributed by atoms with Crippen molar-refractivity contribution in [2.24, 2.45) is 0 Å². The average molecular weight is 461 g/mol. The van der Waals surface area contributed by atoms with E-state index in [9.17, 15) is 0 Å². The Morgan fingerprint density at radius 1 is 1.07 bits per heavy atom. The van der Waals surface area contributed by atoms with Crippen LogP contribution in [0.4, 0.5) is 5.82 Å². The molecule has 0 unspecified atom stereocenters. The third-order valence-corrected chi connectivity index (χ3v) is 5.37. The number of aryl methyl sites for hydroxylation is 1. The Hall–Kier alpha value is -3.59. The molecule has 2 aromatic carbocycles. The molecule has 9 heteroatoms. The van der Waals surface area contributed by atoms with Crippen LogP contribution in [-0.4, -0.2) is 35.2 Å². The molecule has 0 aliphatic rings. The first-order chi connectivity index (χ1) is 14.7. The van der Waals surface area contributed by atoms with E-state index in [2.05, 4.69) is 82.3 Å². The summed E-state index contributed by atoms with van der Waals surface area (Å²) in [5.41, 5.74) is 5.98. The van der Waals surface area contributed by atoms with Crippen LogP contribution in [0.5, 0.6) is 0 Å². The van der Waals surface area contributed by atoms with Crippen molar-refractivity contribution in [1.29, 1.82) is 0 Å². The number of halogens is 1. The minimum atomic E-state index is 0.582. The van der Waals surface area contributed by atoms with Crippen LogP contribution in [0.15, 0.2) is 65.3 Å². The van der Waals surface area contributed by atoms with Crippen molar-refractivity contribution in [3.63, 3.8) is 0 Å². The van der Waals surface area contributed by atoms with Crippen molar-refractivity contribution in [2.75, 3.05) is 5.32 Å². The number of nitrogens with one attached hydrogen (secondary N) is 2. The molecule has 8 nitrogen and oxygen atoms in total. The van der Waals surface area contributed by atoms with E-state index in [4.69, 9.17) is 0 Å². The van der Waals surface area contributed by atoms with Gasteiger partial charge in [0.2, 0.25) is 5.82 Å². The molecule has 0 radical (unpaired) electrons. The normalized spacial score (nSPS) is 11.1. The molecule has 3 heterocycles. The molecule has 0 saturated carbocycles. The molecule has 0 aliphatic carbocycles. The van der Waals surface area contributed by atoms with Gasteiger partial charge in [0, 0.05) is 23.9 Å². The number of fused-ring (bicyclic) bond motifs is 1. The number of rotatable bonds is 5. The summed E-state index contributed by atoms with van der Waals surface area (Å²) in [5, 5.41) is 22.3. The van der Waals surface area contributed by atoms with E-state index in [1.54, 1.807) is 10.7 Å². The van der Waals surface area contributed by atoms with E-state index in [1.165, 1.54) is 0 Å². The Bertz CT molecular complexity index is 1310. The number of aromatic nitrogens is 7. The summed E-state index contributed by atoms with van der Waals surface area (Å²) in [6, 6.07) is 18.5. The van der Waals surface area contributed by atoms with Crippen molar-refractivity contribution in [3.8, 4) is 22.5 Å². The zero-order chi connectivity index (χ0) is 20.5. The molecule has 3 aromatic heterocycles. The number of nitrogens with zero attached hydrogens (tertiary/aromatic N) is 6. The van der Waals surface area contributed by atoms with E-state index >= 15 is 0 Å². The Morgan fingerprint density at radius 2 is 1.87 bits per heavy atom. The van der Waals surface area contributed by atoms with Gasteiger partial charge in [0.15, 0.2) is 5.65 Å². The molecule has 5 rings (SSSR count). The van der Waals surface area contributed by atoms with Gasteiger partial charge < -0.3 is 5.32 Å². The molecule has 0 aliphatic heterocycles. The third kappa shape index (κ3) is 3.43. The Morgan fingerprint density at radius 3 is 2.63 bits per heavy atom. The van der Waals surface area contributed by atoms with Crippen molar-refractivity contribution < 1.29 is 0 Å². The smallest absolute Gasteiger partial charge is 0.205 e. The zero-order valence-electron chi connectivity index (χ0n) is 16.0. The van der Waals surface area contributed by atoms with Crippen LogP contribution in [0.2, 0.25) is 0 Å². The summed E-state index contributed by atoms with van der Waals surface area (Å²) in [6.45, 7) is 2.64. The summed E-state index contributed by atoms with van der Waals surface area (Å²) in [4.78, 5) is 4.52. The van der Waals surface area contributed by atoms with Gasteiger partial charge in [0.1, 0.15) is 5.82 Å². The summed E-state index contributed by atoms with van der Waals surface area (Å²) in [7, 11) is 0. The molecule has 2 N–H and O–H groups in total. The predicted molar refractivity (Wildman–Crippen MR) is 118 cm³/mol. The molecule has 5 aromatic rings. The number of hydrogen-bond donors (Lipinski definition) is 2. The first kappa shape index (κ1) is 18.4. The fourth-order valence-corrected chi connectivity index (χ4v) is 3.73.